The molecule has 1 rings (SSSR count). The van der Waals surface area contributed by atoms with Gasteiger partial charge in [0.05, 0.1) is 0 Å². The predicted octanol–water partition coefficient (Wildman–Crippen LogP) is 1.18. The summed E-state index contributed by atoms with van der Waals surface area (Å²) in [5, 5.41) is 0. The Bertz CT molecular complexity index is 380. The van der Waals surface area contributed by atoms with Gasteiger partial charge >= 0.3 is 0 Å². The Morgan fingerprint density at radius 1 is 0.700 bits per heavy atom. The van der Waals surface area contributed by atoms with Gasteiger partial charge in [-0.25, -0.2) is 0 Å². The van der Waals surface area contributed by atoms with Gasteiger partial charge in [-0.1, -0.05) is 26.3 Å². The zero-order valence-electron chi connectivity index (χ0n) is 13.3. The molecule has 0 spiro atoms. The third-order valence-electron chi connectivity index (χ3n) is 4.13. The van der Waals surface area contributed by atoms with E-state index in [0.717, 1.165) is 0 Å². The molecule has 112 valence electrons. The molecule has 0 aromatic carbocycles. The largest absolute Gasteiger partial charge is 0.409 e. The summed E-state index contributed by atoms with van der Waals surface area (Å²) in [5.41, 5.74) is 0. The Morgan fingerprint density at radius 3 is 1.35 bits per heavy atom. The summed E-state index contributed by atoms with van der Waals surface area (Å²) < 4.78 is 10.1. The van der Waals surface area contributed by atoms with Gasteiger partial charge < -0.3 is 16.9 Å². The minimum absolute atomic E-state index is 0.558. The molecule has 0 aliphatic carbocycles. The molecule has 1 aliphatic heterocycles. The summed E-state index contributed by atoms with van der Waals surface area (Å²) in [7, 11) is -4.69. The lowest BCUT2D eigenvalue weighted by Gasteiger charge is -2.57. The molecule has 0 atom stereocenters. The molecule has 0 unspecified atom stereocenters. The molecule has 0 bridgehead atoms. The highest BCUT2D eigenvalue weighted by Gasteiger charge is 2.47. The van der Waals surface area contributed by atoms with Gasteiger partial charge in [0.2, 0.25) is 36.5 Å². The van der Waals surface area contributed by atoms with Crippen LogP contribution in [0, 0.1) is 0 Å². The number of rotatable bonds is 4. The molecule has 0 saturated carbocycles. The van der Waals surface area contributed by atoms with Gasteiger partial charge in [0.1, 0.15) is 0 Å². The Hall–Kier alpha value is -0.972. The minimum atomic E-state index is -1.79. The first-order chi connectivity index (χ1) is 9.25. The maximum absolute atomic E-state index is 4.10. The van der Waals surface area contributed by atoms with Crippen LogP contribution in [0.3, 0.4) is 0 Å². The molecule has 0 amide bonds. The van der Waals surface area contributed by atoms with Crippen LogP contribution >= 0.6 is 0 Å². The van der Waals surface area contributed by atoms with Crippen LogP contribution in [-0.4, -0.2) is 53.4 Å². The minimum Gasteiger partial charge on any atom is -0.409 e. The van der Waals surface area contributed by atoms with Crippen LogP contribution in [0.4, 0.5) is 0 Å². The van der Waals surface area contributed by atoms with Crippen LogP contribution in [0.2, 0.25) is 26.2 Å². The fourth-order valence-electron chi connectivity index (χ4n) is 2.85. The van der Waals surface area contributed by atoms with Crippen molar-refractivity contribution in [1.82, 2.24) is 16.9 Å². The van der Waals surface area contributed by atoms with Crippen molar-refractivity contribution in [3.8, 4) is 0 Å². The van der Waals surface area contributed by atoms with E-state index >= 15 is 0 Å². The molecule has 1 fully saturated rings. The van der Waals surface area contributed by atoms with Crippen molar-refractivity contribution in [2.75, 3.05) is 0 Å². The average Bonchev–Trinajstić information content (AvgIpc) is 2.37. The molecule has 0 radical (unpaired) electrons. The lowest BCUT2D eigenvalue weighted by Crippen LogP contribution is -2.75. The van der Waals surface area contributed by atoms with Crippen molar-refractivity contribution in [3.05, 3.63) is 51.1 Å². The van der Waals surface area contributed by atoms with E-state index in [1.807, 2.05) is 18.6 Å². The van der Waals surface area contributed by atoms with Crippen molar-refractivity contribution in [2.45, 2.75) is 26.2 Å². The van der Waals surface area contributed by atoms with Crippen LogP contribution in [0.1, 0.15) is 0 Å². The highest BCUT2D eigenvalue weighted by Crippen LogP contribution is 2.27. The first-order valence-electron chi connectivity index (χ1n) is 6.83. The molecule has 20 heavy (non-hydrogen) atoms. The van der Waals surface area contributed by atoms with Crippen LogP contribution in [-0.2, 0) is 0 Å². The average molecular weight is 341 g/mol. The van der Waals surface area contributed by atoms with Crippen molar-refractivity contribution in [2.24, 2.45) is 0 Å². The first kappa shape index (κ1) is 17.1. The Labute approximate surface area is 131 Å². The summed E-state index contributed by atoms with van der Waals surface area (Å²) in [6.45, 7) is 25.7. The lowest BCUT2D eigenvalue weighted by atomic mass is 11.1. The molecule has 1 heterocycles. The van der Waals surface area contributed by atoms with Gasteiger partial charge in [-0.05, 0) is 51.0 Å². The lowest BCUT2D eigenvalue weighted by molar-refractivity contribution is 0.602. The zero-order valence-corrected chi connectivity index (χ0v) is 18.2. The molecule has 0 aromatic heterocycles. The zero-order chi connectivity index (χ0) is 15.6. The number of nitrogens with zero attached hydrogens (tertiary/aromatic N) is 4. The molecule has 0 aromatic rings. The van der Waals surface area contributed by atoms with Crippen molar-refractivity contribution in [3.63, 3.8) is 0 Å². The van der Waals surface area contributed by atoms with Gasteiger partial charge in [-0.2, -0.15) is 0 Å². The van der Waals surface area contributed by atoms with Crippen LogP contribution in [0.5, 0.6) is 0 Å². The van der Waals surface area contributed by atoms with E-state index in [0.29, 0.717) is 0 Å². The Kier molecular flexibility index (Phi) is 5.30. The van der Waals surface area contributed by atoms with Gasteiger partial charge in [0.15, 0.2) is 0 Å². The summed E-state index contributed by atoms with van der Waals surface area (Å²) in [4.78, 5) is 0. The van der Waals surface area contributed by atoms with Crippen molar-refractivity contribution >= 4 is 36.5 Å². The molecule has 1 aliphatic rings. The van der Waals surface area contributed by atoms with E-state index in [4.69, 9.17) is 0 Å². The van der Waals surface area contributed by atoms with E-state index < -0.39 is 36.5 Å². The Morgan fingerprint density at radius 2 is 1.10 bits per heavy atom. The maximum Gasteiger partial charge on any atom is 0.242 e. The first-order valence-corrected chi connectivity index (χ1v) is 15.1. The summed E-state index contributed by atoms with van der Waals surface area (Å²) >= 11 is 0. The number of hydrogen-bond donors (Lipinski definition) is 0. The molecular weight excluding hydrogens is 313 g/mol. The molecule has 8 heteroatoms. The summed E-state index contributed by atoms with van der Waals surface area (Å²) in [6, 6.07) is 0. The van der Waals surface area contributed by atoms with Gasteiger partial charge in [0, 0.05) is 0 Å². The van der Waals surface area contributed by atoms with E-state index in [1.54, 1.807) is 0 Å². The summed E-state index contributed by atoms with van der Waals surface area (Å²) in [6.07, 6.45) is 8.14. The Balaban J connectivity index is 3.36. The second-order valence-corrected chi connectivity index (χ2v) is 20.2. The van der Waals surface area contributed by atoms with Crippen molar-refractivity contribution in [1.29, 1.82) is 0 Å². The molecule has 4 nitrogen and oxygen atoms in total. The van der Waals surface area contributed by atoms with Gasteiger partial charge in [-0.15, -0.1) is 0 Å². The van der Waals surface area contributed by atoms with Gasteiger partial charge in [-0.3, -0.25) is 0 Å². The van der Waals surface area contributed by atoms with E-state index in [2.05, 4.69) is 75.6 Å². The SMILES string of the molecule is C=CN1[SiH2]N(C=C)[Si](C)(C)N(C=C)[Si](C)(C)N(C=C)[SiH2]1. The highest BCUT2D eigenvalue weighted by molar-refractivity contribution is 6.94. The van der Waals surface area contributed by atoms with E-state index in [1.165, 1.54) is 0 Å². The van der Waals surface area contributed by atoms with Crippen LogP contribution in [0.25, 0.3) is 0 Å². The third kappa shape index (κ3) is 2.87. The van der Waals surface area contributed by atoms with Crippen LogP contribution in [0.15, 0.2) is 51.1 Å². The third-order valence-corrected chi connectivity index (χ3v) is 22.4. The highest BCUT2D eigenvalue weighted by atomic mass is 28.5. The van der Waals surface area contributed by atoms with Gasteiger partial charge in [0.25, 0.3) is 0 Å². The molecule has 0 N–H and O–H groups in total. The molecule has 1 saturated heterocycles. The maximum atomic E-state index is 4.10. The van der Waals surface area contributed by atoms with Crippen LogP contribution < -0.4 is 0 Å². The fraction of sp³-hybridized carbons (Fsp3) is 0.333. The quantitative estimate of drug-likeness (QED) is 0.713. The smallest absolute Gasteiger partial charge is 0.242 e. The summed E-state index contributed by atoms with van der Waals surface area (Å²) in [5.74, 6) is 0. The molecular formula is C12H28N4Si4. The standard InChI is InChI=1S/C12H28N4Si4/c1-9-13-17-14(10-2)19(5,6)16(12-4)20(7,8)15(11-3)18-13/h9-12H,1-4,17-18H2,5-8H3. The second-order valence-electron chi connectivity index (χ2n) is 5.90. The van der Waals surface area contributed by atoms with E-state index in [9.17, 15) is 0 Å². The predicted molar refractivity (Wildman–Crippen MR) is 100 cm³/mol. The monoisotopic (exact) mass is 340 g/mol. The number of hydrogen-bond acceptors (Lipinski definition) is 4. The van der Waals surface area contributed by atoms with Crippen molar-refractivity contribution < 1.29 is 0 Å². The second kappa shape index (κ2) is 6.20. The topological polar surface area (TPSA) is 13.0 Å². The van der Waals surface area contributed by atoms with E-state index in [-0.39, 0.29) is 0 Å². The normalized spacial score (nSPS) is 24.2. The fourth-order valence-corrected chi connectivity index (χ4v) is 21.0.